The van der Waals surface area contributed by atoms with Gasteiger partial charge in [0.05, 0.1) is 25.5 Å². The maximum Gasteiger partial charge on any atom is 0.339 e. The van der Waals surface area contributed by atoms with Crippen molar-refractivity contribution in [2.75, 3.05) is 20.0 Å². The van der Waals surface area contributed by atoms with Crippen molar-refractivity contribution >= 4 is 16.1 Å². The Morgan fingerprint density at radius 1 is 1.50 bits per heavy atom. The lowest BCUT2D eigenvalue weighted by Crippen LogP contribution is -2.09. The molecule has 0 aromatic carbocycles. The maximum absolute atomic E-state index is 11.1. The Morgan fingerprint density at radius 3 is 2.75 bits per heavy atom. The minimum atomic E-state index is -3.41. The summed E-state index contributed by atoms with van der Waals surface area (Å²) in [6, 6.07) is 1.59. The van der Waals surface area contributed by atoms with Gasteiger partial charge in [0.1, 0.15) is 0 Å². The number of carbonyl (C=O) groups excluding carboxylic acids is 1. The Morgan fingerprint density at radius 2 is 2.19 bits per heavy atom. The Kier molecular flexibility index (Phi) is 4.08. The lowest BCUT2D eigenvalue weighted by Gasteiger charge is -2.02. The van der Waals surface area contributed by atoms with Crippen molar-refractivity contribution in [2.45, 2.75) is 6.54 Å². The fraction of sp³-hybridized carbons (Fsp3) is 0.444. The number of hydrogen-bond donors (Lipinski definition) is 0. The topological polar surface area (TPSA) is 74.6 Å². The van der Waals surface area contributed by atoms with Gasteiger partial charge in [-0.25, -0.2) is 4.79 Å². The van der Waals surface area contributed by atoms with Crippen LogP contribution in [0.5, 0.6) is 0 Å². The summed E-state index contributed by atoms with van der Waals surface area (Å²) >= 11 is 0. The first-order valence-electron chi connectivity index (χ1n) is 4.51. The van der Waals surface area contributed by atoms with Gasteiger partial charge in [-0.1, -0.05) is 0 Å². The van der Waals surface area contributed by atoms with Crippen LogP contribution in [0.15, 0.2) is 18.5 Å². The number of nitrogens with zero attached hydrogens (tertiary/aromatic N) is 1. The summed E-state index contributed by atoms with van der Waals surface area (Å²) in [6.07, 6.45) is 4.21. The molecule has 1 heterocycles. The number of ether oxygens (including phenoxy) is 1. The fourth-order valence-electron chi connectivity index (χ4n) is 1.11. The monoisotopic (exact) mass is 247 g/mol. The van der Waals surface area contributed by atoms with Crippen molar-refractivity contribution in [1.82, 2.24) is 4.57 Å². The van der Waals surface area contributed by atoms with Crippen molar-refractivity contribution in [3.05, 3.63) is 24.0 Å². The summed E-state index contributed by atoms with van der Waals surface area (Å²) in [7, 11) is -2.12. The van der Waals surface area contributed by atoms with E-state index in [-0.39, 0.29) is 6.61 Å². The molecule has 0 aliphatic carbocycles. The van der Waals surface area contributed by atoms with E-state index in [9.17, 15) is 13.2 Å². The highest BCUT2D eigenvalue weighted by atomic mass is 32.2. The van der Waals surface area contributed by atoms with E-state index in [2.05, 4.69) is 8.92 Å². The number of methoxy groups -OCH3 is 1. The van der Waals surface area contributed by atoms with Crippen LogP contribution in [0.4, 0.5) is 0 Å². The molecule has 0 saturated heterocycles. The molecule has 0 amide bonds. The molecule has 0 N–H and O–H groups in total. The van der Waals surface area contributed by atoms with Crippen LogP contribution in [-0.2, 0) is 25.6 Å². The predicted molar refractivity (Wildman–Crippen MR) is 56.6 cm³/mol. The number of aromatic nitrogens is 1. The third-order valence-electron chi connectivity index (χ3n) is 1.82. The molecule has 0 radical (unpaired) electrons. The van der Waals surface area contributed by atoms with Crippen LogP contribution >= 0.6 is 0 Å². The number of hydrogen-bond acceptors (Lipinski definition) is 5. The number of rotatable bonds is 5. The molecule has 0 atom stereocenters. The third-order valence-corrected chi connectivity index (χ3v) is 2.41. The van der Waals surface area contributed by atoms with Gasteiger partial charge in [0.2, 0.25) is 0 Å². The largest absolute Gasteiger partial charge is 0.465 e. The zero-order valence-electron chi connectivity index (χ0n) is 9.04. The van der Waals surface area contributed by atoms with Crippen molar-refractivity contribution in [2.24, 2.45) is 0 Å². The van der Waals surface area contributed by atoms with Crippen LogP contribution in [0.1, 0.15) is 10.4 Å². The van der Waals surface area contributed by atoms with Crippen LogP contribution in [-0.4, -0.2) is 38.9 Å². The molecule has 1 aromatic rings. The Bertz CT molecular complexity index is 462. The van der Waals surface area contributed by atoms with Gasteiger partial charge in [-0.05, 0) is 6.07 Å². The number of esters is 1. The summed E-state index contributed by atoms with van der Waals surface area (Å²) in [4.78, 5) is 11.1. The molecule has 0 unspecified atom stereocenters. The van der Waals surface area contributed by atoms with E-state index in [0.717, 1.165) is 6.26 Å². The molecule has 0 saturated carbocycles. The standard InChI is InChI=1S/C9H13NO5S/c1-14-9(11)8-3-4-10(7-8)5-6-15-16(2,12)13/h3-4,7H,5-6H2,1-2H3. The first kappa shape index (κ1) is 12.7. The van der Waals surface area contributed by atoms with Crippen molar-refractivity contribution in [3.63, 3.8) is 0 Å². The van der Waals surface area contributed by atoms with Crippen molar-refractivity contribution in [1.29, 1.82) is 0 Å². The fourth-order valence-corrected chi connectivity index (χ4v) is 1.49. The first-order chi connectivity index (χ1) is 7.42. The van der Waals surface area contributed by atoms with E-state index < -0.39 is 16.1 Å². The SMILES string of the molecule is COC(=O)c1ccn(CCOS(C)(=O)=O)c1. The van der Waals surface area contributed by atoms with Crippen LogP contribution in [0, 0.1) is 0 Å². The molecule has 90 valence electrons. The summed E-state index contributed by atoms with van der Waals surface area (Å²) in [5.74, 6) is -0.428. The van der Waals surface area contributed by atoms with Crippen LogP contribution in [0.25, 0.3) is 0 Å². The molecule has 1 rings (SSSR count). The molecule has 0 fully saturated rings. The highest BCUT2D eigenvalue weighted by molar-refractivity contribution is 7.85. The van der Waals surface area contributed by atoms with Crippen LogP contribution < -0.4 is 0 Å². The normalized spacial score (nSPS) is 11.4. The van der Waals surface area contributed by atoms with Gasteiger partial charge in [0, 0.05) is 18.9 Å². The Balaban J connectivity index is 2.50. The average molecular weight is 247 g/mol. The Hall–Kier alpha value is -1.34. The van der Waals surface area contributed by atoms with Gasteiger partial charge in [0.25, 0.3) is 10.1 Å². The first-order valence-corrected chi connectivity index (χ1v) is 6.32. The molecule has 0 bridgehead atoms. The van der Waals surface area contributed by atoms with Gasteiger partial charge in [-0.15, -0.1) is 0 Å². The summed E-state index contributed by atoms with van der Waals surface area (Å²) in [6.45, 7) is 0.387. The molecule has 0 aliphatic heterocycles. The average Bonchev–Trinajstić information content (AvgIpc) is 2.63. The van der Waals surface area contributed by atoms with Crippen molar-refractivity contribution < 1.29 is 22.1 Å². The highest BCUT2D eigenvalue weighted by Crippen LogP contribution is 2.03. The zero-order valence-corrected chi connectivity index (χ0v) is 9.86. The minimum Gasteiger partial charge on any atom is -0.465 e. The molecule has 6 nitrogen and oxygen atoms in total. The molecule has 0 spiro atoms. The number of carbonyl (C=O) groups is 1. The summed E-state index contributed by atoms with van der Waals surface area (Å²) < 4.78 is 32.1. The van der Waals surface area contributed by atoms with Crippen molar-refractivity contribution in [3.8, 4) is 0 Å². The summed E-state index contributed by atoms with van der Waals surface area (Å²) in [5, 5.41) is 0. The zero-order chi connectivity index (χ0) is 12.2. The van der Waals surface area contributed by atoms with E-state index >= 15 is 0 Å². The van der Waals surface area contributed by atoms with Gasteiger partial charge < -0.3 is 9.30 Å². The molecule has 0 aliphatic rings. The second-order valence-electron chi connectivity index (χ2n) is 3.16. The quantitative estimate of drug-likeness (QED) is 0.551. The third kappa shape index (κ3) is 4.03. The predicted octanol–water partition coefficient (Wildman–Crippen LogP) is 0.251. The van der Waals surface area contributed by atoms with E-state index in [1.165, 1.54) is 7.11 Å². The van der Waals surface area contributed by atoms with Crippen LogP contribution in [0.3, 0.4) is 0 Å². The van der Waals surface area contributed by atoms with Gasteiger partial charge in [0.15, 0.2) is 0 Å². The molecular formula is C9H13NO5S. The molecular weight excluding hydrogens is 234 g/mol. The van der Waals surface area contributed by atoms with Gasteiger partial charge in [-0.2, -0.15) is 8.42 Å². The van der Waals surface area contributed by atoms with E-state index in [0.29, 0.717) is 12.1 Å². The lowest BCUT2D eigenvalue weighted by atomic mass is 10.3. The molecule has 16 heavy (non-hydrogen) atoms. The second-order valence-corrected chi connectivity index (χ2v) is 4.80. The van der Waals surface area contributed by atoms with E-state index in [1.807, 2.05) is 0 Å². The van der Waals surface area contributed by atoms with Crippen LogP contribution in [0.2, 0.25) is 0 Å². The minimum absolute atomic E-state index is 0.0358. The maximum atomic E-state index is 11.1. The highest BCUT2D eigenvalue weighted by Gasteiger charge is 2.07. The molecule has 1 aromatic heterocycles. The van der Waals surface area contributed by atoms with E-state index in [4.69, 9.17) is 0 Å². The smallest absolute Gasteiger partial charge is 0.339 e. The lowest BCUT2D eigenvalue weighted by molar-refractivity contribution is 0.0600. The Labute approximate surface area is 93.9 Å². The van der Waals surface area contributed by atoms with Gasteiger partial charge >= 0.3 is 5.97 Å². The van der Waals surface area contributed by atoms with E-state index in [1.54, 1.807) is 23.0 Å². The molecule has 7 heteroatoms. The van der Waals surface area contributed by atoms with Gasteiger partial charge in [-0.3, -0.25) is 4.18 Å². The second kappa shape index (κ2) is 5.13. The summed E-state index contributed by atoms with van der Waals surface area (Å²) in [5.41, 5.74) is 0.418.